The van der Waals surface area contributed by atoms with Crippen molar-refractivity contribution < 1.29 is 23.5 Å². The monoisotopic (exact) mass is 468 g/mol. The maximum absolute atomic E-state index is 13.7. The number of aliphatic hydroxyl groups excluding tert-OH is 1. The number of aliphatic hydroxyl groups is 1. The van der Waals surface area contributed by atoms with E-state index in [-0.39, 0.29) is 22.0 Å². The van der Waals surface area contributed by atoms with Gasteiger partial charge in [0.1, 0.15) is 11.8 Å². The lowest BCUT2D eigenvalue weighted by Crippen LogP contribution is -2.28. The Morgan fingerprint density at radius 3 is 2.50 bits per heavy atom. The number of thiophene rings is 1. The number of benzene rings is 2. The third-order valence-corrected chi connectivity index (χ3v) is 7.15. The van der Waals surface area contributed by atoms with Crippen LogP contribution in [0, 0.1) is 18.6 Å². The SMILES string of the molecule is Cc1ccc(/C(O)=C2\C(=O)C(=O)N(c3nc4cc(F)c(F)cc4s3)C2c2cccs2)cc1. The van der Waals surface area contributed by atoms with Crippen LogP contribution in [0.15, 0.2) is 59.5 Å². The van der Waals surface area contributed by atoms with Gasteiger partial charge in [0.15, 0.2) is 16.8 Å². The Kier molecular flexibility index (Phi) is 4.87. The normalized spacial score (nSPS) is 18.1. The topological polar surface area (TPSA) is 70.5 Å². The highest BCUT2D eigenvalue weighted by Gasteiger charge is 2.48. The Balaban J connectivity index is 1.71. The van der Waals surface area contributed by atoms with Crippen LogP contribution in [-0.2, 0) is 9.59 Å². The molecule has 160 valence electrons. The van der Waals surface area contributed by atoms with E-state index in [1.807, 2.05) is 6.92 Å². The number of ketones is 1. The van der Waals surface area contributed by atoms with Crippen LogP contribution in [0.25, 0.3) is 16.0 Å². The maximum Gasteiger partial charge on any atom is 0.301 e. The standard InChI is InChI=1S/C23H14F2N2O3S2/c1-11-4-6-12(7-5-11)20(28)18-19(16-3-2-8-31-16)27(22(30)21(18)29)23-26-15-9-13(24)14(25)10-17(15)32-23/h2-10,19,28H,1H3/b20-18+. The van der Waals surface area contributed by atoms with Crippen molar-refractivity contribution in [3.05, 3.63) is 87.1 Å². The van der Waals surface area contributed by atoms with Gasteiger partial charge in [0.25, 0.3) is 5.78 Å². The maximum atomic E-state index is 13.7. The van der Waals surface area contributed by atoms with Gasteiger partial charge in [-0.25, -0.2) is 13.8 Å². The summed E-state index contributed by atoms with van der Waals surface area (Å²) in [5, 5.41) is 12.9. The Hall–Kier alpha value is -3.43. The summed E-state index contributed by atoms with van der Waals surface area (Å²) in [6.45, 7) is 1.90. The fourth-order valence-electron chi connectivity index (χ4n) is 3.63. The van der Waals surface area contributed by atoms with Crippen molar-refractivity contribution in [2.75, 3.05) is 4.90 Å². The van der Waals surface area contributed by atoms with Gasteiger partial charge in [-0.1, -0.05) is 47.2 Å². The molecule has 1 saturated heterocycles. The number of thiazole rings is 1. The molecular formula is C23H14F2N2O3S2. The Labute approximate surface area is 188 Å². The summed E-state index contributed by atoms with van der Waals surface area (Å²) in [6, 6.07) is 11.5. The zero-order chi connectivity index (χ0) is 22.6. The number of Topliss-reactive ketones (excluding diaryl/α,β-unsaturated/α-hetero) is 1. The van der Waals surface area contributed by atoms with Gasteiger partial charge in [0.2, 0.25) is 0 Å². The van der Waals surface area contributed by atoms with Gasteiger partial charge in [0, 0.05) is 16.5 Å². The number of aryl methyl sites for hydroxylation is 1. The second-order valence-corrected chi connectivity index (χ2v) is 9.27. The van der Waals surface area contributed by atoms with Gasteiger partial charge >= 0.3 is 5.91 Å². The molecule has 1 aliphatic heterocycles. The third-order valence-electron chi connectivity index (χ3n) is 5.21. The number of hydrogen-bond donors (Lipinski definition) is 1. The first-order chi connectivity index (χ1) is 15.3. The molecule has 9 heteroatoms. The van der Waals surface area contributed by atoms with Gasteiger partial charge in [-0.2, -0.15) is 0 Å². The molecular weight excluding hydrogens is 454 g/mol. The minimum atomic E-state index is -1.05. The molecule has 1 fully saturated rings. The van der Waals surface area contributed by atoms with Crippen LogP contribution in [0.3, 0.4) is 0 Å². The summed E-state index contributed by atoms with van der Waals surface area (Å²) >= 11 is 2.29. The average molecular weight is 469 g/mol. The van der Waals surface area contributed by atoms with Crippen LogP contribution in [0.1, 0.15) is 22.0 Å². The number of amides is 1. The van der Waals surface area contributed by atoms with E-state index in [4.69, 9.17) is 0 Å². The predicted octanol–water partition coefficient (Wildman–Crippen LogP) is 5.57. The molecule has 1 atom stereocenters. The number of anilines is 1. The van der Waals surface area contributed by atoms with Crippen LogP contribution < -0.4 is 4.90 Å². The number of hydrogen-bond acceptors (Lipinski definition) is 6. The largest absolute Gasteiger partial charge is 0.507 e. The number of rotatable bonds is 3. The number of aromatic nitrogens is 1. The lowest BCUT2D eigenvalue weighted by molar-refractivity contribution is -0.132. The molecule has 0 bridgehead atoms. The molecule has 0 radical (unpaired) electrons. The number of nitrogens with zero attached hydrogens (tertiary/aromatic N) is 2. The zero-order valence-electron chi connectivity index (χ0n) is 16.5. The van der Waals surface area contributed by atoms with E-state index in [1.54, 1.807) is 41.8 Å². The molecule has 1 N–H and O–H groups in total. The highest BCUT2D eigenvalue weighted by atomic mass is 32.1. The van der Waals surface area contributed by atoms with E-state index in [2.05, 4.69) is 4.98 Å². The van der Waals surface area contributed by atoms with Crippen molar-refractivity contribution in [1.29, 1.82) is 0 Å². The van der Waals surface area contributed by atoms with Gasteiger partial charge in [-0.3, -0.25) is 14.5 Å². The van der Waals surface area contributed by atoms with Crippen LogP contribution in [-0.4, -0.2) is 21.8 Å². The highest BCUT2D eigenvalue weighted by Crippen LogP contribution is 2.45. The summed E-state index contributed by atoms with van der Waals surface area (Å²) in [6.07, 6.45) is 0. The first-order valence-electron chi connectivity index (χ1n) is 9.52. The molecule has 4 aromatic rings. The lowest BCUT2D eigenvalue weighted by atomic mass is 9.99. The minimum absolute atomic E-state index is 0.0575. The molecule has 1 unspecified atom stereocenters. The van der Waals surface area contributed by atoms with E-state index in [1.165, 1.54) is 16.2 Å². The quantitative estimate of drug-likeness (QED) is 0.242. The van der Waals surface area contributed by atoms with Crippen LogP contribution in [0.2, 0.25) is 0 Å². The third kappa shape index (κ3) is 3.21. The second-order valence-electron chi connectivity index (χ2n) is 7.28. The second kappa shape index (κ2) is 7.61. The molecule has 1 amide bonds. The van der Waals surface area contributed by atoms with Crippen molar-refractivity contribution in [2.24, 2.45) is 0 Å². The van der Waals surface area contributed by atoms with Crippen molar-refractivity contribution in [3.63, 3.8) is 0 Å². The van der Waals surface area contributed by atoms with Crippen LogP contribution >= 0.6 is 22.7 Å². The van der Waals surface area contributed by atoms with E-state index < -0.39 is 29.4 Å². The van der Waals surface area contributed by atoms with Crippen LogP contribution in [0.4, 0.5) is 13.9 Å². The number of carbonyl (C=O) groups is 2. The molecule has 2 aromatic heterocycles. The summed E-state index contributed by atoms with van der Waals surface area (Å²) in [4.78, 5) is 32.3. The molecule has 5 nitrogen and oxygen atoms in total. The molecule has 1 aliphatic rings. The fraction of sp³-hybridized carbons (Fsp3) is 0.0870. The van der Waals surface area contributed by atoms with Crippen molar-refractivity contribution in [1.82, 2.24) is 4.98 Å². The van der Waals surface area contributed by atoms with Gasteiger partial charge in [-0.15, -0.1) is 11.3 Å². The van der Waals surface area contributed by atoms with Gasteiger partial charge in [0.05, 0.1) is 15.8 Å². The average Bonchev–Trinajstić information content (AvgIpc) is 3.48. The van der Waals surface area contributed by atoms with Gasteiger partial charge in [-0.05, 0) is 24.4 Å². The molecule has 0 aliphatic carbocycles. The van der Waals surface area contributed by atoms with E-state index in [9.17, 15) is 23.5 Å². The molecule has 5 rings (SSSR count). The zero-order valence-corrected chi connectivity index (χ0v) is 18.1. The molecule has 3 heterocycles. The molecule has 0 spiro atoms. The minimum Gasteiger partial charge on any atom is -0.507 e. The van der Waals surface area contributed by atoms with E-state index in [0.29, 0.717) is 15.1 Å². The van der Waals surface area contributed by atoms with Gasteiger partial charge < -0.3 is 5.11 Å². The predicted molar refractivity (Wildman–Crippen MR) is 120 cm³/mol. The first kappa shape index (κ1) is 20.5. The van der Waals surface area contributed by atoms with Crippen molar-refractivity contribution in [3.8, 4) is 0 Å². The summed E-state index contributed by atoms with van der Waals surface area (Å²) in [5.74, 6) is -4.08. The number of fused-ring (bicyclic) bond motifs is 1. The Bertz CT molecular complexity index is 1370. The van der Waals surface area contributed by atoms with Crippen molar-refractivity contribution in [2.45, 2.75) is 13.0 Å². The molecule has 2 aromatic carbocycles. The Morgan fingerprint density at radius 1 is 1.09 bits per heavy atom. The summed E-state index contributed by atoms with van der Waals surface area (Å²) in [7, 11) is 0. The molecule has 32 heavy (non-hydrogen) atoms. The first-order valence-corrected chi connectivity index (χ1v) is 11.2. The lowest BCUT2D eigenvalue weighted by Gasteiger charge is -2.21. The molecule has 0 saturated carbocycles. The number of carbonyl (C=O) groups excluding carboxylic acids is 2. The number of halogens is 2. The fourth-order valence-corrected chi connectivity index (χ4v) is 5.45. The summed E-state index contributed by atoms with van der Waals surface area (Å²) in [5.41, 5.74) is 1.50. The summed E-state index contributed by atoms with van der Waals surface area (Å²) < 4.78 is 27.7. The highest BCUT2D eigenvalue weighted by molar-refractivity contribution is 7.22. The van der Waals surface area contributed by atoms with Crippen molar-refractivity contribution >= 4 is 55.5 Å². The Morgan fingerprint density at radius 2 is 1.81 bits per heavy atom. The van der Waals surface area contributed by atoms with E-state index >= 15 is 0 Å². The van der Waals surface area contributed by atoms with E-state index in [0.717, 1.165) is 29.0 Å². The smallest absolute Gasteiger partial charge is 0.301 e. The van der Waals surface area contributed by atoms with Crippen LogP contribution in [0.5, 0.6) is 0 Å².